The van der Waals surface area contributed by atoms with Gasteiger partial charge in [0.1, 0.15) is 5.76 Å². The van der Waals surface area contributed by atoms with E-state index in [1.54, 1.807) is 11.2 Å². The van der Waals surface area contributed by atoms with Crippen molar-refractivity contribution in [3.8, 4) is 0 Å². The minimum atomic E-state index is 0.178. The summed E-state index contributed by atoms with van der Waals surface area (Å²) in [6.07, 6.45) is 2.20. The van der Waals surface area contributed by atoms with Crippen LogP contribution in [0, 0.1) is 5.92 Å². The van der Waals surface area contributed by atoms with Crippen molar-refractivity contribution in [2.24, 2.45) is 11.7 Å². The number of hydrogen-bond acceptors (Lipinski definition) is 3. The van der Waals surface area contributed by atoms with Crippen LogP contribution in [-0.2, 0) is 11.3 Å². The molecule has 1 fully saturated rings. The lowest BCUT2D eigenvalue weighted by Crippen LogP contribution is -2.25. The van der Waals surface area contributed by atoms with Gasteiger partial charge in [-0.05, 0) is 24.6 Å². The molecule has 0 radical (unpaired) electrons. The van der Waals surface area contributed by atoms with Gasteiger partial charge in [0.15, 0.2) is 0 Å². The van der Waals surface area contributed by atoms with E-state index >= 15 is 0 Å². The van der Waals surface area contributed by atoms with E-state index in [0.717, 1.165) is 12.3 Å². The van der Waals surface area contributed by atoms with Crippen LogP contribution in [-0.4, -0.2) is 23.9 Å². The van der Waals surface area contributed by atoms with Crippen LogP contribution in [0.25, 0.3) is 0 Å². The molecule has 14 heavy (non-hydrogen) atoms. The van der Waals surface area contributed by atoms with Gasteiger partial charge in [0.2, 0.25) is 5.91 Å². The second kappa shape index (κ2) is 3.84. The molecule has 0 bridgehead atoms. The third-order valence-electron chi connectivity index (χ3n) is 2.55. The maximum Gasteiger partial charge on any atom is 0.223 e. The number of nitrogens with two attached hydrogens (primary N) is 1. The van der Waals surface area contributed by atoms with Crippen LogP contribution in [0.5, 0.6) is 0 Å². The molecule has 2 rings (SSSR count). The molecule has 1 unspecified atom stereocenters. The second-order valence-corrected chi connectivity index (χ2v) is 3.66. The second-order valence-electron chi connectivity index (χ2n) is 3.66. The van der Waals surface area contributed by atoms with E-state index in [2.05, 4.69) is 0 Å². The Morgan fingerprint density at radius 2 is 2.50 bits per heavy atom. The molecule has 0 saturated carbocycles. The first-order chi connectivity index (χ1) is 6.79. The quantitative estimate of drug-likeness (QED) is 0.766. The van der Waals surface area contributed by atoms with Gasteiger partial charge in [-0.1, -0.05) is 0 Å². The third kappa shape index (κ3) is 1.80. The molecule has 1 atom stereocenters. The highest BCUT2D eigenvalue weighted by atomic mass is 16.3. The zero-order chi connectivity index (χ0) is 9.97. The largest absolute Gasteiger partial charge is 0.467 e. The molecule has 1 amide bonds. The van der Waals surface area contributed by atoms with Gasteiger partial charge < -0.3 is 15.1 Å². The number of rotatable bonds is 3. The molecule has 1 aromatic rings. The summed E-state index contributed by atoms with van der Waals surface area (Å²) in [6, 6.07) is 3.71. The topological polar surface area (TPSA) is 59.5 Å². The molecular weight excluding hydrogens is 180 g/mol. The molecule has 1 saturated heterocycles. The average molecular weight is 194 g/mol. The molecular formula is C10H14N2O2. The summed E-state index contributed by atoms with van der Waals surface area (Å²) in [4.78, 5) is 13.3. The van der Waals surface area contributed by atoms with Gasteiger partial charge >= 0.3 is 0 Å². The Hall–Kier alpha value is -1.29. The molecule has 76 valence electrons. The molecule has 0 aliphatic carbocycles. The Morgan fingerprint density at radius 3 is 3.07 bits per heavy atom. The highest BCUT2D eigenvalue weighted by Crippen LogP contribution is 2.19. The van der Waals surface area contributed by atoms with Gasteiger partial charge in [-0.15, -0.1) is 0 Å². The summed E-state index contributed by atoms with van der Waals surface area (Å²) in [5.74, 6) is 1.32. The van der Waals surface area contributed by atoms with Gasteiger partial charge in [-0.2, -0.15) is 0 Å². The molecule has 2 N–H and O–H groups in total. The van der Waals surface area contributed by atoms with Crippen molar-refractivity contribution in [1.82, 2.24) is 4.90 Å². The van der Waals surface area contributed by atoms with Crippen molar-refractivity contribution in [3.63, 3.8) is 0 Å². The van der Waals surface area contributed by atoms with E-state index < -0.39 is 0 Å². The van der Waals surface area contributed by atoms with Crippen LogP contribution >= 0.6 is 0 Å². The van der Waals surface area contributed by atoms with E-state index in [0.29, 0.717) is 25.4 Å². The van der Waals surface area contributed by atoms with E-state index in [-0.39, 0.29) is 5.91 Å². The molecule has 1 aliphatic heterocycles. The van der Waals surface area contributed by atoms with Gasteiger partial charge in [0.25, 0.3) is 0 Å². The van der Waals surface area contributed by atoms with Crippen LogP contribution in [0.4, 0.5) is 0 Å². The van der Waals surface area contributed by atoms with Crippen LogP contribution in [0.15, 0.2) is 22.8 Å². The Balaban J connectivity index is 1.96. The first-order valence-corrected chi connectivity index (χ1v) is 4.80. The van der Waals surface area contributed by atoms with Crippen LogP contribution in [0.3, 0.4) is 0 Å². The predicted molar refractivity (Wildman–Crippen MR) is 51.3 cm³/mol. The van der Waals surface area contributed by atoms with Crippen molar-refractivity contribution in [2.45, 2.75) is 13.0 Å². The lowest BCUT2D eigenvalue weighted by Gasteiger charge is -2.14. The number of hydrogen-bond donors (Lipinski definition) is 1. The van der Waals surface area contributed by atoms with Gasteiger partial charge in [0.05, 0.1) is 12.8 Å². The smallest absolute Gasteiger partial charge is 0.223 e. The zero-order valence-corrected chi connectivity index (χ0v) is 7.98. The Labute approximate surface area is 82.7 Å². The number of carbonyl (C=O) groups is 1. The SMILES string of the molecule is NCC1CC(=O)N(Cc2ccco2)C1. The minimum absolute atomic E-state index is 0.178. The first kappa shape index (κ1) is 9.27. The van der Waals surface area contributed by atoms with E-state index in [1.165, 1.54) is 0 Å². The molecule has 4 heteroatoms. The number of carbonyl (C=O) groups excluding carboxylic acids is 1. The predicted octanol–water partition coefficient (Wildman–Crippen LogP) is 0.587. The number of furan rings is 1. The zero-order valence-electron chi connectivity index (χ0n) is 7.98. The summed E-state index contributed by atoms with van der Waals surface area (Å²) in [5, 5.41) is 0. The fourth-order valence-corrected chi connectivity index (χ4v) is 1.76. The van der Waals surface area contributed by atoms with Crippen molar-refractivity contribution in [1.29, 1.82) is 0 Å². The van der Waals surface area contributed by atoms with Crippen molar-refractivity contribution < 1.29 is 9.21 Å². The normalized spacial score (nSPS) is 21.9. The molecule has 2 heterocycles. The standard InChI is InChI=1S/C10H14N2O2/c11-5-8-4-10(13)12(6-8)7-9-2-1-3-14-9/h1-3,8H,4-7,11H2. The Kier molecular flexibility index (Phi) is 2.54. The molecule has 4 nitrogen and oxygen atoms in total. The lowest BCUT2D eigenvalue weighted by atomic mass is 10.1. The maximum atomic E-state index is 11.5. The first-order valence-electron chi connectivity index (χ1n) is 4.80. The molecule has 0 spiro atoms. The van der Waals surface area contributed by atoms with E-state index in [9.17, 15) is 4.79 Å². The summed E-state index contributed by atoms with van der Waals surface area (Å²) >= 11 is 0. The highest BCUT2D eigenvalue weighted by molar-refractivity contribution is 5.78. The molecule has 1 aliphatic rings. The van der Waals surface area contributed by atoms with Gasteiger partial charge in [-0.25, -0.2) is 0 Å². The summed E-state index contributed by atoms with van der Waals surface area (Å²) in [7, 11) is 0. The highest BCUT2D eigenvalue weighted by Gasteiger charge is 2.28. The lowest BCUT2D eigenvalue weighted by molar-refractivity contribution is -0.128. The monoisotopic (exact) mass is 194 g/mol. The van der Waals surface area contributed by atoms with E-state index in [4.69, 9.17) is 10.2 Å². The van der Waals surface area contributed by atoms with Crippen LogP contribution < -0.4 is 5.73 Å². The maximum absolute atomic E-state index is 11.5. The summed E-state index contributed by atoms with van der Waals surface area (Å²) in [5.41, 5.74) is 5.53. The van der Waals surface area contributed by atoms with Gasteiger partial charge in [0, 0.05) is 13.0 Å². The fraction of sp³-hybridized carbons (Fsp3) is 0.500. The van der Waals surface area contributed by atoms with Crippen molar-refractivity contribution in [2.75, 3.05) is 13.1 Å². The van der Waals surface area contributed by atoms with Crippen molar-refractivity contribution in [3.05, 3.63) is 24.2 Å². The minimum Gasteiger partial charge on any atom is -0.467 e. The summed E-state index contributed by atoms with van der Waals surface area (Å²) in [6.45, 7) is 1.92. The number of nitrogens with zero attached hydrogens (tertiary/aromatic N) is 1. The Morgan fingerprint density at radius 1 is 1.64 bits per heavy atom. The van der Waals surface area contributed by atoms with Crippen LogP contribution in [0.1, 0.15) is 12.2 Å². The Bertz CT molecular complexity index is 308. The van der Waals surface area contributed by atoms with Crippen LogP contribution in [0.2, 0.25) is 0 Å². The molecule has 1 aromatic heterocycles. The fourth-order valence-electron chi connectivity index (χ4n) is 1.76. The summed E-state index contributed by atoms with van der Waals surface area (Å²) < 4.78 is 5.19. The number of likely N-dealkylation sites (tertiary alicyclic amines) is 1. The van der Waals surface area contributed by atoms with E-state index in [1.807, 2.05) is 12.1 Å². The number of amides is 1. The average Bonchev–Trinajstić information content (AvgIpc) is 2.78. The molecule has 0 aromatic carbocycles. The van der Waals surface area contributed by atoms with Gasteiger partial charge in [-0.3, -0.25) is 4.79 Å². The third-order valence-corrected chi connectivity index (χ3v) is 2.55. The van der Waals surface area contributed by atoms with Crippen molar-refractivity contribution >= 4 is 5.91 Å².